The maximum absolute atomic E-state index is 8.89. The number of aliphatic hydroxyl groups is 1. The Labute approximate surface area is 120 Å². The van der Waals surface area contributed by atoms with Gasteiger partial charge in [-0.2, -0.15) is 0 Å². The molecule has 2 rings (SSSR count). The topological polar surface area (TPSA) is 35.8 Å². The monoisotopic (exact) mass is 280 g/mol. The van der Waals surface area contributed by atoms with Crippen LogP contribution < -0.4 is 0 Å². The number of rotatable bonds is 4. The van der Waals surface area contributed by atoms with Gasteiger partial charge in [0.1, 0.15) is 6.23 Å². The molecule has 1 atom stereocenters. The van der Waals surface area contributed by atoms with Gasteiger partial charge in [-0.15, -0.1) is 18.2 Å². The van der Waals surface area contributed by atoms with E-state index in [0.29, 0.717) is 5.88 Å². The van der Waals surface area contributed by atoms with Gasteiger partial charge in [0.15, 0.2) is 0 Å². The van der Waals surface area contributed by atoms with E-state index >= 15 is 0 Å². The molecular weight excluding hydrogens is 260 g/mol. The van der Waals surface area contributed by atoms with Crippen molar-refractivity contribution in [2.75, 3.05) is 13.1 Å². The highest BCUT2D eigenvalue weighted by atomic mass is 35.5. The summed E-state index contributed by atoms with van der Waals surface area (Å²) in [4.78, 5) is 5.72. The summed E-state index contributed by atoms with van der Waals surface area (Å²) in [5.41, 5.74) is 2.48. The maximum Gasteiger partial charge on any atom is 0.124 e. The minimum atomic E-state index is -0.374. The molecule has 4 heteroatoms. The van der Waals surface area contributed by atoms with E-state index in [1.807, 2.05) is 24.3 Å². The Balaban J connectivity index is 0.000000200. The quantitative estimate of drug-likeness (QED) is 0.680. The summed E-state index contributed by atoms with van der Waals surface area (Å²) in [7, 11) is 0. The Kier molecular flexibility index (Phi) is 7.23. The minimum absolute atomic E-state index is 0.374. The normalized spacial score (nSPS) is 14.8. The highest BCUT2D eigenvalue weighted by Gasteiger charge is 2.08. The second kappa shape index (κ2) is 8.73. The van der Waals surface area contributed by atoms with Crippen molar-refractivity contribution >= 4 is 17.9 Å². The predicted molar refractivity (Wildman–Crippen MR) is 81.6 cm³/mol. The van der Waals surface area contributed by atoms with Crippen LogP contribution in [0.3, 0.4) is 0 Å². The molecule has 0 bridgehead atoms. The molecular formula is C15H21ClN2O. The van der Waals surface area contributed by atoms with Crippen molar-refractivity contribution in [3.8, 4) is 0 Å². The van der Waals surface area contributed by atoms with Gasteiger partial charge in [0.05, 0.1) is 12.9 Å². The van der Waals surface area contributed by atoms with Crippen molar-refractivity contribution in [1.82, 2.24) is 4.90 Å². The summed E-state index contributed by atoms with van der Waals surface area (Å²) in [6.45, 7) is 7.10. The van der Waals surface area contributed by atoms with Gasteiger partial charge in [-0.3, -0.25) is 4.99 Å². The average Bonchev–Trinajstić information content (AvgIpc) is 2.95. The van der Waals surface area contributed by atoms with Crippen molar-refractivity contribution in [3.63, 3.8) is 0 Å². The number of halogens is 1. The lowest BCUT2D eigenvalue weighted by Crippen LogP contribution is -2.29. The summed E-state index contributed by atoms with van der Waals surface area (Å²) in [6, 6.07) is 8.16. The highest BCUT2D eigenvalue weighted by molar-refractivity contribution is 6.17. The van der Waals surface area contributed by atoms with Gasteiger partial charge in [0, 0.05) is 12.4 Å². The summed E-state index contributed by atoms with van der Waals surface area (Å²) in [5.74, 6) is 0.587. The van der Waals surface area contributed by atoms with Crippen LogP contribution in [0.1, 0.15) is 18.1 Å². The molecule has 1 unspecified atom stereocenters. The van der Waals surface area contributed by atoms with E-state index in [1.165, 1.54) is 11.1 Å². The number of allylic oxidation sites excluding steroid dienone is 1. The van der Waals surface area contributed by atoms with Gasteiger partial charge in [-0.25, -0.2) is 0 Å². The maximum atomic E-state index is 8.89. The third-order valence-electron chi connectivity index (χ3n) is 2.82. The van der Waals surface area contributed by atoms with E-state index in [2.05, 4.69) is 17.6 Å². The average molecular weight is 281 g/mol. The smallest absolute Gasteiger partial charge is 0.124 e. The van der Waals surface area contributed by atoms with Crippen LogP contribution in [0, 0.1) is 0 Å². The fourth-order valence-electron chi connectivity index (χ4n) is 1.72. The second-order valence-corrected chi connectivity index (χ2v) is 4.55. The van der Waals surface area contributed by atoms with E-state index in [-0.39, 0.29) is 6.23 Å². The first kappa shape index (κ1) is 15.7. The molecule has 3 nitrogen and oxygen atoms in total. The summed E-state index contributed by atoms with van der Waals surface area (Å²) < 4.78 is 0. The summed E-state index contributed by atoms with van der Waals surface area (Å²) in [5, 5.41) is 8.89. The van der Waals surface area contributed by atoms with E-state index in [1.54, 1.807) is 18.2 Å². The third kappa shape index (κ3) is 5.45. The van der Waals surface area contributed by atoms with Crippen LogP contribution in [0.15, 0.2) is 41.9 Å². The number of aliphatic hydroxyl groups excluding tert-OH is 1. The lowest BCUT2D eigenvalue weighted by atomic mass is 10.1. The van der Waals surface area contributed by atoms with Gasteiger partial charge in [-0.05, 0) is 24.5 Å². The van der Waals surface area contributed by atoms with Crippen LogP contribution in [0.4, 0.5) is 0 Å². The molecule has 1 heterocycles. The Morgan fingerprint density at radius 3 is 2.58 bits per heavy atom. The van der Waals surface area contributed by atoms with Crippen molar-refractivity contribution in [1.29, 1.82) is 0 Å². The lowest BCUT2D eigenvalue weighted by molar-refractivity contribution is 0.0814. The molecule has 0 saturated heterocycles. The molecule has 1 N–H and O–H groups in total. The SMILES string of the molecule is C=CCc1ccccc1CCl.CC(O)N1C=NCC1. The van der Waals surface area contributed by atoms with Crippen molar-refractivity contribution in [2.45, 2.75) is 25.5 Å². The first-order chi connectivity index (χ1) is 9.19. The number of aliphatic imine (C=N–C) groups is 1. The molecule has 0 saturated carbocycles. The van der Waals surface area contributed by atoms with Gasteiger partial charge >= 0.3 is 0 Å². The van der Waals surface area contributed by atoms with Gasteiger partial charge in [-0.1, -0.05) is 30.3 Å². The fraction of sp³-hybridized carbons (Fsp3) is 0.400. The summed E-state index contributed by atoms with van der Waals surface area (Å²) in [6.07, 6.45) is 4.11. The van der Waals surface area contributed by atoms with Gasteiger partial charge in [0.25, 0.3) is 0 Å². The highest BCUT2D eigenvalue weighted by Crippen LogP contribution is 2.11. The summed E-state index contributed by atoms with van der Waals surface area (Å²) >= 11 is 5.73. The first-order valence-corrected chi connectivity index (χ1v) is 6.90. The second-order valence-electron chi connectivity index (χ2n) is 4.29. The van der Waals surface area contributed by atoms with Crippen LogP contribution in [0.25, 0.3) is 0 Å². The number of hydrogen-bond donors (Lipinski definition) is 1. The van der Waals surface area contributed by atoms with Gasteiger partial charge in [0.2, 0.25) is 0 Å². The molecule has 0 fully saturated rings. The molecule has 19 heavy (non-hydrogen) atoms. The third-order valence-corrected chi connectivity index (χ3v) is 3.11. The minimum Gasteiger partial charge on any atom is -0.374 e. The fourth-order valence-corrected chi connectivity index (χ4v) is 1.98. The van der Waals surface area contributed by atoms with Crippen molar-refractivity contribution in [3.05, 3.63) is 48.0 Å². The number of nitrogens with zero attached hydrogens (tertiary/aromatic N) is 2. The van der Waals surface area contributed by atoms with Crippen LogP contribution in [0.2, 0.25) is 0 Å². The molecule has 1 aliphatic rings. The van der Waals surface area contributed by atoms with Crippen LogP contribution in [-0.4, -0.2) is 35.7 Å². The van der Waals surface area contributed by atoms with E-state index in [4.69, 9.17) is 16.7 Å². The van der Waals surface area contributed by atoms with E-state index in [9.17, 15) is 0 Å². The molecule has 0 spiro atoms. The van der Waals surface area contributed by atoms with Crippen LogP contribution in [0.5, 0.6) is 0 Å². The number of benzene rings is 1. The molecule has 1 aromatic rings. The molecule has 1 aliphatic heterocycles. The van der Waals surface area contributed by atoms with E-state index in [0.717, 1.165) is 19.5 Å². The zero-order chi connectivity index (χ0) is 14.1. The molecule has 0 radical (unpaired) electrons. The van der Waals surface area contributed by atoms with Crippen LogP contribution >= 0.6 is 11.6 Å². The zero-order valence-electron chi connectivity index (χ0n) is 11.3. The molecule has 0 amide bonds. The molecule has 104 valence electrons. The molecule has 1 aromatic carbocycles. The Hall–Kier alpha value is -1.32. The largest absolute Gasteiger partial charge is 0.374 e. The Morgan fingerprint density at radius 1 is 1.47 bits per heavy atom. The van der Waals surface area contributed by atoms with Crippen LogP contribution in [-0.2, 0) is 12.3 Å². The van der Waals surface area contributed by atoms with Crippen molar-refractivity contribution in [2.24, 2.45) is 4.99 Å². The Bertz CT molecular complexity index is 418. The van der Waals surface area contributed by atoms with Crippen molar-refractivity contribution < 1.29 is 5.11 Å². The standard InChI is InChI=1S/C10H11Cl.C5H10N2O/c1-2-5-9-6-3-4-7-10(9)8-11;1-5(8)7-3-2-6-4-7/h2-4,6-7H,1,5,8H2;4-5,8H,2-3H2,1H3. The number of hydrogen-bond acceptors (Lipinski definition) is 3. The first-order valence-electron chi connectivity index (χ1n) is 6.36. The van der Waals surface area contributed by atoms with Gasteiger partial charge < -0.3 is 10.0 Å². The molecule has 0 aromatic heterocycles. The van der Waals surface area contributed by atoms with E-state index < -0.39 is 0 Å². The Morgan fingerprint density at radius 2 is 2.16 bits per heavy atom. The lowest BCUT2D eigenvalue weighted by Gasteiger charge is -2.16. The molecule has 0 aliphatic carbocycles. The number of alkyl halides is 1. The zero-order valence-corrected chi connectivity index (χ0v) is 12.1. The predicted octanol–water partition coefficient (Wildman–Crippen LogP) is 2.82.